The second-order valence-corrected chi connectivity index (χ2v) is 7.99. The first-order valence-electron chi connectivity index (χ1n) is 10.8. The summed E-state index contributed by atoms with van der Waals surface area (Å²) in [6, 6.07) is 19.7. The van der Waals surface area contributed by atoms with Crippen molar-refractivity contribution in [2.75, 3.05) is 6.61 Å². The predicted molar refractivity (Wildman–Crippen MR) is 120 cm³/mol. The fourth-order valence-corrected chi connectivity index (χ4v) is 4.02. The van der Waals surface area contributed by atoms with Gasteiger partial charge < -0.3 is 9.84 Å². The van der Waals surface area contributed by atoms with Gasteiger partial charge in [0.2, 0.25) is 0 Å². The molecule has 160 valence electrons. The molecule has 0 unspecified atom stereocenters. The minimum atomic E-state index is -0.775. The standard InChI is InChI=1S/C26H28N2O3/c1-2-19-8-10-23(27-16-19)12-13-31-24-11-9-21-15-25(26(29)30)28(18-22(21)14-24)17-20-6-4-3-5-7-20/h3-11,14,16,25H,2,12-13,15,17-18H2,1H3,(H,29,30)/t25-/m0/s1. The number of aromatic nitrogens is 1. The Morgan fingerprint density at radius 3 is 2.65 bits per heavy atom. The molecule has 1 aromatic heterocycles. The summed E-state index contributed by atoms with van der Waals surface area (Å²) in [5, 5.41) is 9.75. The lowest BCUT2D eigenvalue weighted by molar-refractivity contribution is -0.144. The molecule has 31 heavy (non-hydrogen) atoms. The summed E-state index contributed by atoms with van der Waals surface area (Å²) in [7, 11) is 0. The maximum Gasteiger partial charge on any atom is 0.321 e. The average Bonchev–Trinajstić information content (AvgIpc) is 2.79. The van der Waals surface area contributed by atoms with Crippen molar-refractivity contribution in [2.24, 2.45) is 0 Å². The fourth-order valence-electron chi connectivity index (χ4n) is 4.02. The number of carboxylic acid groups (broad SMARTS) is 1. The van der Waals surface area contributed by atoms with Gasteiger partial charge in [-0.15, -0.1) is 0 Å². The number of ether oxygens (including phenoxy) is 1. The van der Waals surface area contributed by atoms with E-state index in [1.165, 1.54) is 5.56 Å². The molecule has 0 fully saturated rings. The largest absolute Gasteiger partial charge is 0.493 e. The quantitative estimate of drug-likeness (QED) is 0.594. The van der Waals surface area contributed by atoms with E-state index in [-0.39, 0.29) is 0 Å². The fraction of sp³-hybridized carbons (Fsp3) is 0.308. The van der Waals surface area contributed by atoms with Crippen LogP contribution in [0.3, 0.4) is 0 Å². The molecule has 5 heteroatoms. The second kappa shape index (κ2) is 9.75. The molecular formula is C26H28N2O3. The number of hydrogen-bond acceptors (Lipinski definition) is 4. The molecule has 0 spiro atoms. The Kier molecular flexibility index (Phi) is 6.63. The van der Waals surface area contributed by atoms with E-state index in [1.54, 1.807) is 0 Å². The van der Waals surface area contributed by atoms with Crippen molar-refractivity contribution in [3.8, 4) is 5.75 Å². The molecule has 0 amide bonds. The van der Waals surface area contributed by atoms with Crippen LogP contribution in [0.25, 0.3) is 0 Å². The van der Waals surface area contributed by atoms with E-state index in [0.717, 1.165) is 41.0 Å². The summed E-state index contributed by atoms with van der Waals surface area (Å²) in [5.74, 6) is 0.0425. The van der Waals surface area contributed by atoms with E-state index >= 15 is 0 Å². The predicted octanol–water partition coefficient (Wildman–Crippen LogP) is 4.28. The third kappa shape index (κ3) is 5.30. The summed E-state index contributed by atoms with van der Waals surface area (Å²) in [6.45, 7) is 3.89. The van der Waals surface area contributed by atoms with Crippen LogP contribution in [0.4, 0.5) is 0 Å². The Bertz CT molecular complexity index is 1020. The van der Waals surface area contributed by atoms with Crippen molar-refractivity contribution < 1.29 is 14.6 Å². The van der Waals surface area contributed by atoms with E-state index in [1.807, 2.05) is 53.6 Å². The van der Waals surface area contributed by atoms with E-state index in [9.17, 15) is 9.90 Å². The van der Waals surface area contributed by atoms with Crippen molar-refractivity contribution >= 4 is 5.97 Å². The molecule has 4 rings (SSSR count). The maximum atomic E-state index is 11.9. The molecule has 3 aromatic rings. The molecule has 0 bridgehead atoms. The molecule has 1 aliphatic heterocycles. The first kappa shape index (κ1) is 21.1. The van der Waals surface area contributed by atoms with Gasteiger partial charge in [0.1, 0.15) is 11.8 Å². The zero-order valence-electron chi connectivity index (χ0n) is 17.8. The highest BCUT2D eigenvalue weighted by atomic mass is 16.5. The maximum absolute atomic E-state index is 11.9. The first-order valence-corrected chi connectivity index (χ1v) is 10.8. The number of carbonyl (C=O) groups is 1. The van der Waals surface area contributed by atoms with Crippen LogP contribution < -0.4 is 4.74 Å². The lowest BCUT2D eigenvalue weighted by Gasteiger charge is -2.34. The zero-order chi connectivity index (χ0) is 21.6. The summed E-state index contributed by atoms with van der Waals surface area (Å²) in [6.07, 6.45) is 4.17. The van der Waals surface area contributed by atoms with Crippen LogP contribution in [-0.2, 0) is 37.1 Å². The highest BCUT2D eigenvalue weighted by Crippen LogP contribution is 2.28. The summed E-state index contributed by atoms with van der Waals surface area (Å²) < 4.78 is 5.99. The average molecular weight is 417 g/mol. The molecule has 0 saturated heterocycles. The number of hydrogen-bond donors (Lipinski definition) is 1. The molecule has 2 heterocycles. The number of pyridine rings is 1. The minimum Gasteiger partial charge on any atom is -0.493 e. The van der Waals surface area contributed by atoms with E-state index in [4.69, 9.17) is 4.74 Å². The van der Waals surface area contributed by atoms with Crippen LogP contribution in [0.1, 0.15) is 34.9 Å². The van der Waals surface area contributed by atoms with Gasteiger partial charge in [-0.25, -0.2) is 0 Å². The molecule has 0 radical (unpaired) electrons. The van der Waals surface area contributed by atoms with Gasteiger partial charge >= 0.3 is 5.97 Å². The van der Waals surface area contributed by atoms with Gasteiger partial charge in [-0.2, -0.15) is 0 Å². The number of aryl methyl sites for hydroxylation is 1. The smallest absolute Gasteiger partial charge is 0.321 e. The third-order valence-electron chi connectivity index (χ3n) is 5.84. The monoisotopic (exact) mass is 416 g/mol. The SMILES string of the molecule is CCc1ccc(CCOc2ccc3c(c2)CN(Cc2ccccc2)[C@H](C(=O)O)C3)nc1. The van der Waals surface area contributed by atoms with Crippen LogP contribution in [0, 0.1) is 0 Å². The second-order valence-electron chi connectivity index (χ2n) is 7.99. The molecular weight excluding hydrogens is 388 g/mol. The number of benzene rings is 2. The van der Waals surface area contributed by atoms with Gasteiger partial charge in [0.25, 0.3) is 0 Å². The van der Waals surface area contributed by atoms with Crippen molar-refractivity contribution in [2.45, 2.75) is 45.3 Å². The molecule has 1 N–H and O–H groups in total. The van der Waals surface area contributed by atoms with Gasteiger partial charge in [0.05, 0.1) is 6.61 Å². The normalized spacial score (nSPS) is 16.0. The zero-order valence-corrected chi connectivity index (χ0v) is 17.8. The third-order valence-corrected chi connectivity index (χ3v) is 5.84. The van der Waals surface area contributed by atoms with Crippen molar-refractivity contribution in [1.29, 1.82) is 0 Å². The van der Waals surface area contributed by atoms with Crippen LogP contribution >= 0.6 is 0 Å². The molecule has 2 aromatic carbocycles. The van der Waals surface area contributed by atoms with Gasteiger partial charge in [0.15, 0.2) is 0 Å². The van der Waals surface area contributed by atoms with E-state index in [2.05, 4.69) is 30.1 Å². The number of rotatable bonds is 8. The van der Waals surface area contributed by atoms with Crippen LogP contribution in [0.15, 0.2) is 66.9 Å². The van der Waals surface area contributed by atoms with Gasteiger partial charge in [0, 0.05) is 31.4 Å². The van der Waals surface area contributed by atoms with Gasteiger partial charge in [-0.3, -0.25) is 14.7 Å². The summed E-state index contributed by atoms with van der Waals surface area (Å²) in [4.78, 5) is 18.4. The Labute approximate surface area is 183 Å². The van der Waals surface area contributed by atoms with Crippen molar-refractivity contribution in [3.63, 3.8) is 0 Å². The molecule has 1 aliphatic rings. The lowest BCUT2D eigenvalue weighted by Crippen LogP contribution is -2.45. The van der Waals surface area contributed by atoms with Crippen LogP contribution in [0.5, 0.6) is 5.75 Å². The molecule has 5 nitrogen and oxygen atoms in total. The summed E-state index contributed by atoms with van der Waals surface area (Å²) in [5.41, 5.74) is 5.59. The topological polar surface area (TPSA) is 62.7 Å². The van der Waals surface area contributed by atoms with Gasteiger partial charge in [-0.05, 0) is 53.3 Å². The number of carboxylic acids is 1. The van der Waals surface area contributed by atoms with Crippen molar-refractivity contribution in [1.82, 2.24) is 9.88 Å². The van der Waals surface area contributed by atoms with Crippen LogP contribution in [-0.4, -0.2) is 33.6 Å². The Morgan fingerprint density at radius 1 is 1.10 bits per heavy atom. The van der Waals surface area contributed by atoms with Crippen LogP contribution in [0.2, 0.25) is 0 Å². The molecule has 1 atom stereocenters. The first-order chi connectivity index (χ1) is 15.1. The Hall–Kier alpha value is -3.18. The molecule has 0 saturated carbocycles. The van der Waals surface area contributed by atoms with Crippen molar-refractivity contribution in [3.05, 3.63) is 94.8 Å². The Morgan fingerprint density at radius 2 is 1.94 bits per heavy atom. The van der Waals surface area contributed by atoms with Gasteiger partial charge in [-0.1, -0.05) is 49.4 Å². The van der Waals surface area contributed by atoms with E-state index < -0.39 is 12.0 Å². The number of fused-ring (bicyclic) bond motifs is 1. The highest BCUT2D eigenvalue weighted by Gasteiger charge is 2.31. The Balaban J connectivity index is 1.42. The number of nitrogens with zero attached hydrogens (tertiary/aromatic N) is 2. The lowest BCUT2D eigenvalue weighted by atomic mass is 9.93. The highest BCUT2D eigenvalue weighted by molar-refractivity contribution is 5.74. The summed E-state index contributed by atoms with van der Waals surface area (Å²) >= 11 is 0. The van der Waals surface area contributed by atoms with E-state index in [0.29, 0.717) is 26.1 Å². The minimum absolute atomic E-state index is 0.505. The number of aliphatic carboxylic acids is 1. The molecule has 0 aliphatic carbocycles.